The molecule has 3 aromatic rings. The minimum Gasteiger partial charge on any atom is -0.507 e. The Hall–Kier alpha value is -3.32. The number of nitrogens with zero attached hydrogens (tertiary/aromatic N) is 2. The standard InChI is InChI=1S/C21H21N3O4/c1-28-14-9-7-13(8-10-14)20-17-18(15-5-2-3-6-16(15)26)22-23-19(17)21(27)24(20)11-4-12-25/h2-3,5-10,20,25-26H,4,11-12H2,1H3,(H,22,23)/t20-/m1/s1. The number of fused-ring (bicyclic) bond motifs is 1. The van der Waals surface area contributed by atoms with Crippen LogP contribution in [0.25, 0.3) is 11.3 Å². The van der Waals surface area contributed by atoms with Crippen LogP contribution in [0.1, 0.15) is 34.1 Å². The summed E-state index contributed by atoms with van der Waals surface area (Å²) in [5.74, 6) is 0.660. The molecule has 1 aliphatic heterocycles. The maximum atomic E-state index is 13.0. The highest BCUT2D eigenvalue weighted by molar-refractivity contribution is 6.00. The molecule has 1 atom stereocenters. The Morgan fingerprint density at radius 1 is 1.18 bits per heavy atom. The number of para-hydroxylation sites is 1. The molecule has 0 unspecified atom stereocenters. The van der Waals surface area contributed by atoms with Gasteiger partial charge in [-0.3, -0.25) is 9.89 Å². The zero-order valence-electron chi connectivity index (χ0n) is 15.4. The molecule has 0 fully saturated rings. The zero-order chi connectivity index (χ0) is 19.7. The molecule has 2 aromatic carbocycles. The molecular weight excluding hydrogens is 358 g/mol. The number of rotatable bonds is 6. The number of phenols is 1. The second kappa shape index (κ2) is 7.36. The van der Waals surface area contributed by atoms with Crippen molar-refractivity contribution in [2.24, 2.45) is 0 Å². The van der Waals surface area contributed by atoms with Crippen molar-refractivity contribution in [3.05, 3.63) is 65.4 Å². The van der Waals surface area contributed by atoms with Crippen molar-refractivity contribution in [2.75, 3.05) is 20.3 Å². The summed E-state index contributed by atoms with van der Waals surface area (Å²) in [5.41, 5.74) is 3.17. The fourth-order valence-corrected chi connectivity index (χ4v) is 3.68. The molecule has 2 heterocycles. The van der Waals surface area contributed by atoms with Gasteiger partial charge in [-0.15, -0.1) is 0 Å². The molecule has 0 saturated heterocycles. The van der Waals surface area contributed by atoms with Crippen molar-refractivity contribution >= 4 is 5.91 Å². The van der Waals surface area contributed by atoms with Crippen LogP contribution in [0, 0.1) is 0 Å². The lowest BCUT2D eigenvalue weighted by atomic mass is 9.95. The molecule has 0 spiro atoms. The number of hydrogen-bond acceptors (Lipinski definition) is 5. The van der Waals surface area contributed by atoms with E-state index in [2.05, 4.69) is 10.2 Å². The number of aromatic nitrogens is 2. The Kier molecular flexibility index (Phi) is 4.75. The second-order valence-corrected chi connectivity index (χ2v) is 6.63. The fraction of sp³-hybridized carbons (Fsp3) is 0.238. The topological polar surface area (TPSA) is 98.7 Å². The number of aliphatic hydroxyl groups excluding tert-OH is 1. The van der Waals surface area contributed by atoms with Gasteiger partial charge in [-0.1, -0.05) is 24.3 Å². The predicted molar refractivity (Wildman–Crippen MR) is 103 cm³/mol. The van der Waals surface area contributed by atoms with Crippen LogP contribution >= 0.6 is 0 Å². The SMILES string of the molecule is COc1ccc([C@@H]2c3c(-c4ccccc4O)n[nH]c3C(=O)N2CCCO)cc1. The van der Waals surface area contributed by atoms with E-state index in [0.717, 1.165) is 16.9 Å². The molecule has 7 heteroatoms. The first-order valence-electron chi connectivity index (χ1n) is 9.08. The smallest absolute Gasteiger partial charge is 0.273 e. The summed E-state index contributed by atoms with van der Waals surface area (Å²) in [6, 6.07) is 14.1. The van der Waals surface area contributed by atoms with E-state index >= 15 is 0 Å². The highest BCUT2D eigenvalue weighted by Gasteiger charge is 2.42. The first-order valence-corrected chi connectivity index (χ1v) is 9.08. The number of carbonyl (C=O) groups is 1. The van der Waals surface area contributed by atoms with E-state index in [-0.39, 0.29) is 24.3 Å². The third-order valence-electron chi connectivity index (χ3n) is 5.01. The first kappa shape index (κ1) is 18.1. The molecule has 1 amide bonds. The Balaban J connectivity index is 1.86. The number of carbonyl (C=O) groups excluding carboxylic acids is 1. The Morgan fingerprint density at radius 2 is 1.93 bits per heavy atom. The van der Waals surface area contributed by atoms with Crippen LogP contribution < -0.4 is 4.74 Å². The highest BCUT2D eigenvalue weighted by atomic mass is 16.5. The summed E-state index contributed by atoms with van der Waals surface area (Å²) in [6.45, 7) is 0.409. The molecule has 3 N–H and O–H groups in total. The Morgan fingerprint density at radius 3 is 2.61 bits per heavy atom. The molecule has 0 saturated carbocycles. The van der Waals surface area contributed by atoms with Gasteiger partial charge in [0.2, 0.25) is 0 Å². The molecule has 7 nitrogen and oxygen atoms in total. The minimum atomic E-state index is -0.367. The molecule has 0 aliphatic carbocycles. The van der Waals surface area contributed by atoms with Crippen molar-refractivity contribution in [3.63, 3.8) is 0 Å². The zero-order valence-corrected chi connectivity index (χ0v) is 15.4. The lowest BCUT2D eigenvalue weighted by molar-refractivity contribution is 0.0732. The summed E-state index contributed by atoms with van der Waals surface area (Å²) in [4.78, 5) is 14.8. The summed E-state index contributed by atoms with van der Waals surface area (Å²) in [7, 11) is 1.60. The monoisotopic (exact) mass is 379 g/mol. The molecule has 4 rings (SSSR count). The van der Waals surface area contributed by atoms with E-state index in [4.69, 9.17) is 4.74 Å². The number of methoxy groups -OCH3 is 1. The van der Waals surface area contributed by atoms with Gasteiger partial charge in [0.1, 0.15) is 22.9 Å². The van der Waals surface area contributed by atoms with Gasteiger partial charge in [0, 0.05) is 24.3 Å². The first-order chi connectivity index (χ1) is 13.7. The summed E-state index contributed by atoms with van der Waals surface area (Å²) < 4.78 is 5.24. The number of phenolic OH excluding ortho intramolecular Hbond substituents is 1. The molecule has 28 heavy (non-hydrogen) atoms. The van der Waals surface area contributed by atoms with E-state index in [0.29, 0.717) is 29.9 Å². The molecule has 144 valence electrons. The lowest BCUT2D eigenvalue weighted by Crippen LogP contribution is -2.31. The quantitative estimate of drug-likeness (QED) is 0.612. The van der Waals surface area contributed by atoms with Gasteiger partial charge in [0.25, 0.3) is 5.91 Å². The Bertz CT molecular complexity index is 997. The van der Waals surface area contributed by atoms with Crippen LogP contribution in [0.15, 0.2) is 48.5 Å². The molecule has 1 aliphatic rings. The number of aromatic amines is 1. The summed E-state index contributed by atoms with van der Waals surface area (Å²) in [5, 5.41) is 26.8. The van der Waals surface area contributed by atoms with Crippen LogP contribution in [-0.2, 0) is 0 Å². The van der Waals surface area contributed by atoms with Crippen LogP contribution in [0.4, 0.5) is 0 Å². The van der Waals surface area contributed by atoms with Gasteiger partial charge >= 0.3 is 0 Å². The minimum absolute atomic E-state index is 0.00235. The van der Waals surface area contributed by atoms with Crippen LogP contribution in [0.2, 0.25) is 0 Å². The third-order valence-corrected chi connectivity index (χ3v) is 5.01. The molecule has 0 bridgehead atoms. The number of amides is 1. The fourth-order valence-electron chi connectivity index (χ4n) is 3.68. The van der Waals surface area contributed by atoms with E-state index < -0.39 is 0 Å². The predicted octanol–water partition coefficient (Wildman–Crippen LogP) is 2.72. The van der Waals surface area contributed by atoms with Gasteiger partial charge in [-0.25, -0.2) is 0 Å². The largest absolute Gasteiger partial charge is 0.507 e. The van der Waals surface area contributed by atoms with Gasteiger partial charge in [-0.2, -0.15) is 5.10 Å². The Labute approximate surface area is 162 Å². The number of hydrogen-bond donors (Lipinski definition) is 3. The average molecular weight is 379 g/mol. The average Bonchev–Trinajstić information content (AvgIpc) is 3.26. The van der Waals surface area contributed by atoms with Gasteiger partial charge in [-0.05, 0) is 36.2 Å². The maximum Gasteiger partial charge on any atom is 0.273 e. The number of H-pyrrole nitrogens is 1. The van der Waals surface area contributed by atoms with E-state index in [9.17, 15) is 15.0 Å². The van der Waals surface area contributed by atoms with Gasteiger partial charge in [0.05, 0.1) is 13.2 Å². The van der Waals surface area contributed by atoms with E-state index in [1.165, 1.54) is 0 Å². The summed E-state index contributed by atoms with van der Waals surface area (Å²) in [6.07, 6.45) is 0.474. The number of aliphatic hydroxyl groups is 1. The maximum absolute atomic E-state index is 13.0. The third kappa shape index (κ3) is 2.90. The van der Waals surface area contributed by atoms with Crippen molar-refractivity contribution in [1.82, 2.24) is 15.1 Å². The molecule has 0 radical (unpaired) electrons. The van der Waals surface area contributed by atoms with Crippen LogP contribution in [0.5, 0.6) is 11.5 Å². The van der Waals surface area contributed by atoms with Gasteiger partial charge in [0.15, 0.2) is 0 Å². The molecule has 1 aromatic heterocycles. The van der Waals surface area contributed by atoms with E-state index in [1.54, 1.807) is 30.2 Å². The number of nitrogens with one attached hydrogen (secondary N) is 1. The number of ether oxygens (including phenoxy) is 1. The van der Waals surface area contributed by atoms with Crippen molar-refractivity contribution in [1.29, 1.82) is 0 Å². The highest BCUT2D eigenvalue weighted by Crippen LogP contribution is 2.44. The number of benzene rings is 2. The van der Waals surface area contributed by atoms with Crippen LogP contribution in [0.3, 0.4) is 0 Å². The van der Waals surface area contributed by atoms with Crippen LogP contribution in [-0.4, -0.2) is 51.5 Å². The second-order valence-electron chi connectivity index (χ2n) is 6.63. The van der Waals surface area contributed by atoms with Crippen molar-refractivity contribution in [2.45, 2.75) is 12.5 Å². The van der Waals surface area contributed by atoms with E-state index in [1.807, 2.05) is 30.3 Å². The summed E-state index contributed by atoms with van der Waals surface area (Å²) >= 11 is 0. The number of aromatic hydroxyl groups is 1. The normalized spacial score (nSPS) is 15.7. The van der Waals surface area contributed by atoms with Crippen molar-refractivity contribution in [3.8, 4) is 22.8 Å². The lowest BCUT2D eigenvalue weighted by Gasteiger charge is -2.26. The van der Waals surface area contributed by atoms with Gasteiger partial charge < -0.3 is 19.8 Å². The van der Waals surface area contributed by atoms with Crippen molar-refractivity contribution < 1.29 is 19.7 Å². The molecular formula is C21H21N3O4.